The molecule has 0 aliphatic carbocycles. The molecule has 0 unspecified atom stereocenters. The van der Waals surface area contributed by atoms with Crippen molar-refractivity contribution in [2.75, 3.05) is 13.2 Å². The average molecular weight is 380 g/mol. The summed E-state index contributed by atoms with van der Waals surface area (Å²) in [4.78, 5) is 16.2. The van der Waals surface area contributed by atoms with Gasteiger partial charge in [0.2, 0.25) is 5.91 Å². The zero-order valence-electron chi connectivity index (χ0n) is 16.8. The van der Waals surface area contributed by atoms with E-state index in [2.05, 4.69) is 35.0 Å². The minimum atomic E-state index is 0.0935. The molecule has 0 saturated carbocycles. The Morgan fingerprint density at radius 2 is 1.89 bits per heavy atom. The molecule has 0 aliphatic heterocycles. The molecule has 0 fully saturated rings. The largest absolute Gasteiger partial charge is 0.492 e. The highest BCUT2D eigenvalue weighted by molar-refractivity contribution is 5.76. The first-order valence-electron chi connectivity index (χ1n) is 10.1. The van der Waals surface area contributed by atoms with Crippen molar-refractivity contribution in [1.29, 1.82) is 0 Å². The van der Waals surface area contributed by atoms with Crippen molar-refractivity contribution >= 4 is 16.9 Å². The molecule has 2 aromatic carbocycles. The molecule has 1 heterocycles. The molecule has 0 radical (unpaired) electrons. The van der Waals surface area contributed by atoms with Gasteiger partial charge in [0.05, 0.1) is 17.6 Å². The van der Waals surface area contributed by atoms with Gasteiger partial charge in [0, 0.05) is 19.4 Å². The topological polar surface area (TPSA) is 56.2 Å². The summed E-state index contributed by atoms with van der Waals surface area (Å²) in [5.41, 5.74) is 3.44. The van der Waals surface area contributed by atoms with Gasteiger partial charge in [-0.15, -0.1) is 0 Å². The smallest absolute Gasteiger partial charge is 0.219 e. The van der Waals surface area contributed by atoms with E-state index in [1.165, 1.54) is 5.56 Å². The van der Waals surface area contributed by atoms with Crippen LogP contribution in [-0.2, 0) is 24.2 Å². The van der Waals surface area contributed by atoms with Crippen LogP contribution in [0.3, 0.4) is 0 Å². The summed E-state index contributed by atoms with van der Waals surface area (Å²) in [6, 6.07) is 16.5. The predicted molar refractivity (Wildman–Crippen MR) is 113 cm³/mol. The summed E-state index contributed by atoms with van der Waals surface area (Å²) in [6.07, 6.45) is 3.25. The van der Waals surface area contributed by atoms with E-state index in [4.69, 9.17) is 9.72 Å². The van der Waals surface area contributed by atoms with Crippen molar-refractivity contribution in [3.8, 4) is 5.75 Å². The molecule has 5 heteroatoms. The van der Waals surface area contributed by atoms with Crippen LogP contribution in [0, 0.1) is 0 Å². The van der Waals surface area contributed by atoms with Gasteiger partial charge in [-0.1, -0.05) is 38.1 Å². The van der Waals surface area contributed by atoms with Gasteiger partial charge in [0.25, 0.3) is 0 Å². The van der Waals surface area contributed by atoms with E-state index in [-0.39, 0.29) is 5.91 Å². The van der Waals surface area contributed by atoms with Gasteiger partial charge < -0.3 is 14.6 Å². The number of carbonyl (C=O) groups is 1. The molecule has 0 saturated heterocycles. The number of aryl methyl sites for hydroxylation is 2. The van der Waals surface area contributed by atoms with Crippen molar-refractivity contribution in [2.45, 2.75) is 46.1 Å². The number of hydrogen-bond acceptors (Lipinski definition) is 3. The number of para-hydroxylation sites is 2. The first-order chi connectivity index (χ1) is 13.7. The van der Waals surface area contributed by atoms with Crippen molar-refractivity contribution in [2.24, 2.45) is 0 Å². The fraction of sp³-hybridized carbons (Fsp3) is 0.391. The van der Waals surface area contributed by atoms with Gasteiger partial charge >= 0.3 is 0 Å². The fourth-order valence-corrected chi connectivity index (χ4v) is 3.24. The third-order valence-corrected chi connectivity index (χ3v) is 4.87. The second-order valence-electron chi connectivity index (χ2n) is 6.82. The second-order valence-corrected chi connectivity index (χ2v) is 6.82. The molecule has 5 nitrogen and oxygen atoms in total. The van der Waals surface area contributed by atoms with Crippen LogP contribution in [0.2, 0.25) is 0 Å². The molecule has 148 valence electrons. The van der Waals surface area contributed by atoms with E-state index in [9.17, 15) is 4.79 Å². The summed E-state index contributed by atoms with van der Waals surface area (Å²) in [5, 5.41) is 2.93. The quantitative estimate of drug-likeness (QED) is 0.539. The van der Waals surface area contributed by atoms with Crippen LogP contribution in [0.4, 0.5) is 0 Å². The Labute approximate surface area is 166 Å². The van der Waals surface area contributed by atoms with E-state index >= 15 is 0 Å². The molecule has 28 heavy (non-hydrogen) atoms. The molecule has 0 aliphatic rings. The van der Waals surface area contributed by atoms with Crippen LogP contribution in [0.5, 0.6) is 5.75 Å². The number of hydrogen-bond donors (Lipinski definition) is 1. The SMILES string of the molecule is CCC(=O)NCCCc1nc2ccccc2n1CCOc1ccc(CC)cc1. The molecule has 3 rings (SSSR count). The maximum Gasteiger partial charge on any atom is 0.219 e. The minimum Gasteiger partial charge on any atom is -0.492 e. The van der Waals surface area contributed by atoms with E-state index in [1.54, 1.807) is 0 Å². The fourth-order valence-electron chi connectivity index (χ4n) is 3.24. The third-order valence-electron chi connectivity index (χ3n) is 4.87. The molecule has 1 N–H and O–H groups in total. The summed E-state index contributed by atoms with van der Waals surface area (Å²) < 4.78 is 8.18. The van der Waals surface area contributed by atoms with Crippen molar-refractivity contribution in [1.82, 2.24) is 14.9 Å². The van der Waals surface area contributed by atoms with Gasteiger partial charge in [-0.3, -0.25) is 4.79 Å². The standard InChI is InChI=1S/C23H29N3O2/c1-3-18-11-13-19(14-12-18)28-17-16-26-21-9-6-5-8-20(21)25-22(26)10-7-15-24-23(27)4-2/h5-6,8-9,11-14H,3-4,7,10,15-17H2,1-2H3,(H,24,27). The normalized spacial score (nSPS) is 10.9. The lowest BCUT2D eigenvalue weighted by Crippen LogP contribution is -2.23. The first-order valence-corrected chi connectivity index (χ1v) is 10.1. The van der Waals surface area contributed by atoms with Gasteiger partial charge in [-0.2, -0.15) is 0 Å². The van der Waals surface area contributed by atoms with Crippen LogP contribution in [-0.4, -0.2) is 28.6 Å². The first kappa shape index (κ1) is 19.9. The Bertz CT molecular complexity index is 900. The van der Waals surface area contributed by atoms with E-state index in [0.717, 1.165) is 48.4 Å². The van der Waals surface area contributed by atoms with Gasteiger partial charge in [-0.25, -0.2) is 4.98 Å². The van der Waals surface area contributed by atoms with Crippen LogP contribution in [0.25, 0.3) is 11.0 Å². The number of ether oxygens (including phenoxy) is 1. The minimum absolute atomic E-state index is 0.0935. The maximum atomic E-state index is 11.4. The Morgan fingerprint density at radius 1 is 1.11 bits per heavy atom. The molecular formula is C23H29N3O2. The number of benzene rings is 2. The Kier molecular flexibility index (Phi) is 7.06. The van der Waals surface area contributed by atoms with Crippen molar-refractivity contribution in [3.05, 3.63) is 59.9 Å². The number of carbonyl (C=O) groups excluding carboxylic acids is 1. The number of amides is 1. The highest BCUT2D eigenvalue weighted by atomic mass is 16.5. The van der Waals surface area contributed by atoms with E-state index < -0.39 is 0 Å². The molecule has 0 spiro atoms. The summed E-state index contributed by atoms with van der Waals surface area (Å²) in [7, 11) is 0. The summed E-state index contributed by atoms with van der Waals surface area (Å²) >= 11 is 0. The lowest BCUT2D eigenvalue weighted by molar-refractivity contribution is -0.120. The highest BCUT2D eigenvalue weighted by Gasteiger charge is 2.10. The van der Waals surface area contributed by atoms with Crippen LogP contribution < -0.4 is 10.1 Å². The lowest BCUT2D eigenvalue weighted by Gasteiger charge is -2.11. The van der Waals surface area contributed by atoms with Crippen LogP contribution in [0.1, 0.15) is 38.1 Å². The number of imidazole rings is 1. The van der Waals surface area contributed by atoms with Gasteiger partial charge in [-0.05, 0) is 42.7 Å². The molecule has 0 atom stereocenters. The van der Waals surface area contributed by atoms with E-state index in [0.29, 0.717) is 19.6 Å². The predicted octanol–water partition coefficient (Wildman–Crippen LogP) is 4.14. The molecule has 1 amide bonds. The van der Waals surface area contributed by atoms with Crippen molar-refractivity contribution in [3.63, 3.8) is 0 Å². The summed E-state index contributed by atoms with van der Waals surface area (Å²) in [5.74, 6) is 2.03. The van der Waals surface area contributed by atoms with Crippen molar-refractivity contribution < 1.29 is 9.53 Å². The zero-order chi connectivity index (χ0) is 19.8. The Hall–Kier alpha value is -2.82. The van der Waals surface area contributed by atoms with E-state index in [1.807, 2.05) is 37.3 Å². The number of nitrogens with one attached hydrogen (secondary N) is 1. The lowest BCUT2D eigenvalue weighted by atomic mass is 10.2. The van der Waals surface area contributed by atoms with Gasteiger partial charge in [0.15, 0.2) is 0 Å². The maximum absolute atomic E-state index is 11.4. The third kappa shape index (κ3) is 5.12. The Morgan fingerprint density at radius 3 is 2.64 bits per heavy atom. The number of fused-ring (bicyclic) bond motifs is 1. The molecule has 3 aromatic rings. The van der Waals surface area contributed by atoms with Crippen LogP contribution >= 0.6 is 0 Å². The molecule has 1 aromatic heterocycles. The number of nitrogens with zero attached hydrogens (tertiary/aromatic N) is 2. The summed E-state index contributed by atoms with van der Waals surface area (Å²) in [6.45, 7) is 6.02. The Balaban J connectivity index is 1.63. The zero-order valence-corrected chi connectivity index (χ0v) is 16.8. The highest BCUT2D eigenvalue weighted by Crippen LogP contribution is 2.18. The van der Waals surface area contributed by atoms with Crippen LogP contribution in [0.15, 0.2) is 48.5 Å². The average Bonchev–Trinajstić information content (AvgIpc) is 3.09. The number of aromatic nitrogens is 2. The second kappa shape index (κ2) is 9.93. The van der Waals surface area contributed by atoms with Gasteiger partial charge in [0.1, 0.15) is 18.2 Å². The number of rotatable bonds is 10. The monoisotopic (exact) mass is 379 g/mol. The molecule has 0 bridgehead atoms. The molecular weight excluding hydrogens is 350 g/mol.